The summed E-state index contributed by atoms with van der Waals surface area (Å²) in [5.41, 5.74) is 6.04. The van der Waals surface area contributed by atoms with E-state index in [1.807, 2.05) is 42.4 Å². The standard InChI is InChI=1S/C35H40Cl2N8O3/c1-42-16-14-28-26(18-42)38-32(43(28)2)34(47)40-24-8-4-6-22(30(24)36)23-7-5-9-25(31(23)37)41-35(48)33-39-27-19-45(17-15-29(27)44(33)3)20-10-12-21(46)13-11-20/h4-9,20-21,46H,10-19H2,1-3H3,(H,40,47)(H,41,48). The number of nitrogens with zero attached hydrogens (tertiary/aromatic N) is 6. The summed E-state index contributed by atoms with van der Waals surface area (Å²) in [6.45, 7) is 3.21. The molecule has 0 saturated heterocycles. The third kappa shape index (κ3) is 6.14. The third-order valence-corrected chi connectivity index (χ3v) is 10.9. The molecule has 2 aromatic heterocycles. The minimum absolute atomic E-state index is 0.192. The number of hydrogen-bond donors (Lipinski definition) is 3. The van der Waals surface area contributed by atoms with E-state index in [9.17, 15) is 14.7 Å². The van der Waals surface area contributed by atoms with Gasteiger partial charge in [-0.3, -0.25) is 14.5 Å². The van der Waals surface area contributed by atoms with E-state index in [-0.39, 0.29) is 17.9 Å². The van der Waals surface area contributed by atoms with Crippen molar-refractivity contribution in [1.29, 1.82) is 0 Å². The van der Waals surface area contributed by atoms with Crippen molar-refractivity contribution in [2.24, 2.45) is 14.1 Å². The van der Waals surface area contributed by atoms with Crippen LogP contribution in [0.2, 0.25) is 10.0 Å². The Morgan fingerprint density at radius 2 is 1.25 bits per heavy atom. The summed E-state index contributed by atoms with van der Waals surface area (Å²) in [5, 5.41) is 16.5. The number of fused-ring (bicyclic) bond motifs is 2. The van der Waals surface area contributed by atoms with Crippen molar-refractivity contribution >= 4 is 46.4 Å². The van der Waals surface area contributed by atoms with Crippen molar-refractivity contribution in [3.8, 4) is 11.1 Å². The maximum atomic E-state index is 13.6. The number of likely N-dealkylation sites (N-methyl/N-ethyl adjacent to an activating group) is 1. The lowest BCUT2D eigenvalue weighted by Gasteiger charge is -2.37. The number of halogens is 2. The Morgan fingerprint density at radius 1 is 0.750 bits per heavy atom. The maximum Gasteiger partial charge on any atom is 0.291 e. The molecule has 4 aromatic rings. The monoisotopic (exact) mass is 690 g/mol. The van der Waals surface area contributed by atoms with Gasteiger partial charge in [-0.25, -0.2) is 9.97 Å². The first kappa shape index (κ1) is 32.8. The van der Waals surface area contributed by atoms with Crippen molar-refractivity contribution in [3.63, 3.8) is 0 Å². The zero-order chi connectivity index (χ0) is 33.7. The number of rotatable bonds is 6. The molecule has 2 amide bonds. The molecule has 0 unspecified atom stereocenters. The number of amides is 2. The van der Waals surface area contributed by atoms with Gasteiger partial charge in [-0.2, -0.15) is 0 Å². The first-order valence-electron chi connectivity index (χ1n) is 16.5. The van der Waals surface area contributed by atoms with Crippen LogP contribution < -0.4 is 10.6 Å². The molecule has 1 fully saturated rings. The fourth-order valence-electron chi connectivity index (χ4n) is 7.38. The summed E-state index contributed by atoms with van der Waals surface area (Å²) in [6, 6.07) is 11.2. The Kier molecular flexibility index (Phi) is 9.08. The van der Waals surface area contributed by atoms with Gasteiger partial charge in [0.1, 0.15) is 0 Å². The van der Waals surface area contributed by atoms with Crippen LogP contribution in [-0.2, 0) is 40.0 Å². The molecule has 2 aromatic carbocycles. The minimum Gasteiger partial charge on any atom is -0.393 e. The molecule has 11 nitrogen and oxygen atoms in total. The lowest BCUT2D eigenvalue weighted by molar-refractivity contribution is 0.0668. The summed E-state index contributed by atoms with van der Waals surface area (Å²) in [4.78, 5) is 41.0. The zero-order valence-electron chi connectivity index (χ0n) is 27.4. The number of imidazole rings is 2. The first-order valence-corrected chi connectivity index (χ1v) is 17.2. The molecular weight excluding hydrogens is 651 g/mol. The predicted octanol–water partition coefficient (Wildman–Crippen LogP) is 5.28. The highest BCUT2D eigenvalue weighted by Crippen LogP contribution is 2.40. The average Bonchev–Trinajstić information content (AvgIpc) is 3.58. The van der Waals surface area contributed by atoms with Crippen LogP contribution in [-0.4, -0.2) is 78.1 Å². The molecule has 13 heteroatoms. The summed E-state index contributed by atoms with van der Waals surface area (Å²) in [5.74, 6) is -0.0433. The average molecular weight is 692 g/mol. The van der Waals surface area contributed by atoms with Crippen LogP contribution in [0.25, 0.3) is 11.1 Å². The maximum absolute atomic E-state index is 13.6. The molecule has 0 spiro atoms. The number of aliphatic hydroxyl groups excluding tert-OH is 1. The molecule has 7 rings (SSSR count). The number of carbonyl (C=O) groups is 2. The highest BCUT2D eigenvalue weighted by Gasteiger charge is 2.31. The van der Waals surface area contributed by atoms with Gasteiger partial charge >= 0.3 is 0 Å². The fraction of sp³-hybridized carbons (Fsp3) is 0.429. The van der Waals surface area contributed by atoms with Gasteiger partial charge in [0.15, 0.2) is 11.6 Å². The summed E-state index contributed by atoms with van der Waals surface area (Å²) in [7, 11) is 5.78. The Labute approximate surface area is 289 Å². The molecule has 1 saturated carbocycles. The number of benzene rings is 2. The van der Waals surface area contributed by atoms with Gasteiger partial charge in [0, 0.05) is 81.7 Å². The van der Waals surface area contributed by atoms with E-state index in [0.29, 0.717) is 63.3 Å². The zero-order valence-corrected chi connectivity index (χ0v) is 28.9. The number of anilines is 2. The number of aromatic nitrogens is 4. The Bertz CT molecular complexity index is 1890. The second-order valence-corrected chi connectivity index (χ2v) is 13.9. The molecule has 48 heavy (non-hydrogen) atoms. The predicted molar refractivity (Wildman–Crippen MR) is 187 cm³/mol. The van der Waals surface area contributed by atoms with Crippen molar-refractivity contribution in [2.75, 3.05) is 30.8 Å². The molecule has 2 aliphatic heterocycles. The topological polar surface area (TPSA) is 121 Å². The molecule has 0 bridgehead atoms. The van der Waals surface area contributed by atoms with Gasteiger partial charge in [-0.05, 0) is 44.9 Å². The van der Waals surface area contributed by atoms with E-state index in [2.05, 4.69) is 25.4 Å². The van der Waals surface area contributed by atoms with Gasteiger partial charge in [-0.1, -0.05) is 47.5 Å². The van der Waals surface area contributed by atoms with E-state index in [4.69, 9.17) is 28.2 Å². The summed E-state index contributed by atoms with van der Waals surface area (Å²) >= 11 is 13.8. The van der Waals surface area contributed by atoms with Crippen LogP contribution in [0.4, 0.5) is 11.4 Å². The highest BCUT2D eigenvalue weighted by atomic mass is 35.5. The normalized spacial score (nSPS) is 19.9. The minimum atomic E-state index is -0.352. The second-order valence-electron chi connectivity index (χ2n) is 13.2. The molecular formula is C35H40Cl2N8O3. The Morgan fingerprint density at radius 3 is 1.79 bits per heavy atom. The van der Waals surface area contributed by atoms with E-state index in [1.54, 1.807) is 24.3 Å². The quantitative estimate of drug-likeness (QED) is 0.252. The second kappa shape index (κ2) is 13.3. The number of aliphatic hydroxyl groups is 1. The van der Waals surface area contributed by atoms with Crippen molar-refractivity contribution in [3.05, 3.63) is 80.9 Å². The van der Waals surface area contributed by atoms with Crippen molar-refractivity contribution in [2.45, 2.75) is 63.8 Å². The van der Waals surface area contributed by atoms with Crippen LogP contribution in [0.5, 0.6) is 0 Å². The Balaban J connectivity index is 1.08. The largest absolute Gasteiger partial charge is 0.393 e. The van der Waals surface area contributed by atoms with Crippen molar-refractivity contribution in [1.82, 2.24) is 28.9 Å². The molecule has 4 heterocycles. The van der Waals surface area contributed by atoms with Crippen LogP contribution in [0, 0.1) is 0 Å². The summed E-state index contributed by atoms with van der Waals surface area (Å²) < 4.78 is 3.74. The fourth-order valence-corrected chi connectivity index (χ4v) is 7.93. The van der Waals surface area contributed by atoms with Crippen LogP contribution in [0.3, 0.4) is 0 Å². The summed E-state index contributed by atoms with van der Waals surface area (Å²) in [6.07, 6.45) is 5.08. The van der Waals surface area contributed by atoms with Crippen molar-refractivity contribution < 1.29 is 14.7 Å². The van der Waals surface area contributed by atoms with Gasteiger partial charge in [-0.15, -0.1) is 0 Å². The van der Waals surface area contributed by atoms with Gasteiger partial charge in [0.05, 0.1) is 38.9 Å². The Hall–Kier alpha value is -3.74. The van der Waals surface area contributed by atoms with Crippen LogP contribution in [0.15, 0.2) is 36.4 Å². The van der Waals surface area contributed by atoms with E-state index in [0.717, 1.165) is 74.4 Å². The molecule has 3 N–H and O–H groups in total. The molecule has 0 atom stereocenters. The van der Waals surface area contributed by atoms with Gasteiger partial charge < -0.3 is 29.8 Å². The molecule has 1 aliphatic carbocycles. The molecule has 252 valence electrons. The van der Waals surface area contributed by atoms with Crippen LogP contribution >= 0.6 is 23.2 Å². The van der Waals surface area contributed by atoms with E-state index >= 15 is 0 Å². The van der Waals surface area contributed by atoms with E-state index < -0.39 is 0 Å². The highest BCUT2D eigenvalue weighted by molar-refractivity contribution is 6.40. The van der Waals surface area contributed by atoms with Gasteiger partial charge in [0.25, 0.3) is 11.8 Å². The SMILES string of the molecule is CN1CCc2c(nc(C(=O)Nc3cccc(-c4cccc(NC(=O)c5nc6c(n5C)CCN(C5CCC(O)CC5)C6)c4Cl)c3Cl)n2C)C1. The number of nitrogens with one attached hydrogen (secondary N) is 2. The molecule has 0 radical (unpaired) electrons. The number of carbonyl (C=O) groups excluding carboxylic acids is 2. The van der Waals surface area contributed by atoms with Gasteiger partial charge in [0.2, 0.25) is 0 Å². The lowest BCUT2D eigenvalue weighted by Crippen LogP contribution is -2.42. The first-order chi connectivity index (χ1) is 23.1. The van der Waals surface area contributed by atoms with E-state index in [1.165, 1.54) is 0 Å². The third-order valence-electron chi connectivity index (χ3n) is 10.1. The lowest BCUT2D eigenvalue weighted by atomic mass is 9.91. The molecule has 3 aliphatic rings. The smallest absolute Gasteiger partial charge is 0.291 e. The number of hydrogen-bond acceptors (Lipinski definition) is 7. The van der Waals surface area contributed by atoms with Crippen LogP contribution in [0.1, 0.15) is 69.7 Å².